The predicted octanol–water partition coefficient (Wildman–Crippen LogP) is 2.39. The minimum atomic E-state index is -3.75. The Labute approximate surface area is 188 Å². The minimum Gasteiger partial charge on any atom is -0.346 e. The highest BCUT2D eigenvalue weighted by molar-refractivity contribution is 7.89. The molecule has 1 aliphatic heterocycles. The molecule has 0 radical (unpaired) electrons. The van der Waals surface area contributed by atoms with Gasteiger partial charge in [0.05, 0.1) is 16.1 Å². The first-order valence-electron chi connectivity index (χ1n) is 10.3. The summed E-state index contributed by atoms with van der Waals surface area (Å²) in [5.74, 6) is -1.80. The van der Waals surface area contributed by atoms with Crippen LogP contribution in [-0.2, 0) is 19.6 Å². The lowest BCUT2D eigenvalue weighted by atomic mass is 10.1. The topological polar surface area (TPSA) is 119 Å². The van der Waals surface area contributed by atoms with Gasteiger partial charge in [-0.3, -0.25) is 9.59 Å². The average Bonchev–Trinajstić information content (AvgIpc) is 3.21. The molecule has 0 bridgehead atoms. The average molecular weight is 455 g/mol. The van der Waals surface area contributed by atoms with Crippen molar-refractivity contribution in [3.05, 3.63) is 58.7 Å². The quantitative estimate of drug-likeness (QED) is 0.673. The highest BCUT2D eigenvalue weighted by Crippen LogP contribution is 2.30. The Balaban J connectivity index is 1.69. The fraction of sp³-hybridized carbons (Fsp3) is 0.348. The van der Waals surface area contributed by atoms with Crippen LogP contribution in [0.5, 0.6) is 0 Å². The van der Waals surface area contributed by atoms with E-state index in [1.54, 1.807) is 26.0 Å². The lowest BCUT2D eigenvalue weighted by molar-refractivity contribution is -0.136. The van der Waals surface area contributed by atoms with Gasteiger partial charge < -0.3 is 10.6 Å². The van der Waals surface area contributed by atoms with E-state index in [0.29, 0.717) is 35.4 Å². The number of sulfonamides is 1. The zero-order chi connectivity index (χ0) is 23.5. The van der Waals surface area contributed by atoms with E-state index in [9.17, 15) is 18.0 Å². The van der Waals surface area contributed by atoms with Crippen molar-refractivity contribution in [2.75, 3.05) is 18.4 Å². The van der Waals surface area contributed by atoms with Gasteiger partial charge in [0.25, 0.3) is 0 Å². The van der Waals surface area contributed by atoms with E-state index in [-0.39, 0.29) is 17.8 Å². The van der Waals surface area contributed by atoms with Crippen molar-refractivity contribution >= 4 is 27.5 Å². The fourth-order valence-corrected chi connectivity index (χ4v) is 6.29. The van der Waals surface area contributed by atoms with Crippen LogP contribution in [0.15, 0.2) is 41.3 Å². The second-order valence-electron chi connectivity index (χ2n) is 7.96. The van der Waals surface area contributed by atoms with Crippen molar-refractivity contribution in [3.63, 3.8) is 0 Å². The summed E-state index contributed by atoms with van der Waals surface area (Å²) in [5, 5.41) is 14.1. The van der Waals surface area contributed by atoms with Crippen LogP contribution in [0.4, 0.5) is 5.69 Å². The van der Waals surface area contributed by atoms with Gasteiger partial charge in [0.15, 0.2) is 0 Å². The molecule has 0 aromatic heterocycles. The Bertz CT molecular complexity index is 1180. The molecule has 1 heterocycles. The van der Waals surface area contributed by atoms with E-state index in [1.807, 2.05) is 25.1 Å². The van der Waals surface area contributed by atoms with Crippen molar-refractivity contribution in [1.29, 1.82) is 5.26 Å². The molecule has 1 fully saturated rings. The molecule has 32 heavy (non-hydrogen) atoms. The Morgan fingerprint density at radius 1 is 1.12 bits per heavy atom. The molecule has 3 rings (SSSR count). The van der Waals surface area contributed by atoms with Gasteiger partial charge in [-0.1, -0.05) is 29.8 Å². The zero-order valence-electron chi connectivity index (χ0n) is 18.3. The number of nitrogens with one attached hydrogen (secondary N) is 2. The number of amides is 2. The lowest BCUT2D eigenvalue weighted by Crippen LogP contribution is -2.45. The molecule has 1 saturated heterocycles. The SMILES string of the molecule is Cc1cc(C)c(S(=O)(=O)N2CCC[C@H]2CNC(=O)C(=O)Nc2ccccc2C#N)c(C)c1. The molecule has 2 amide bonds. The number of para-hydroxylation sites is 1. The van der Waals surface area contributed by atoms with Crippen molar-refractivity contribution in [1.82, 2.24) is 9.62 Å². The number of rotatable bonds is 5. The van der Waals surface area contributed by atoms with E-state index in [4.69, 9.17) is 5.26 Å². The molecule has 0 aliphatic carbocycles. The molecule has 2 N–H and O–H groups in total. The summed E-state index contributed by atoms with van der Waals surface area (Å²) in [4.78, 5) is 24.8. The standard InChI is InChI=1S/C23H26N4O4S/c1-15-11-16(2)21(17(3)12-15)32(30,31)27-10-6-8-19(27)14-25-22(28)23(29)26-20-9-5-4-7-18(20)13-24/h4-5,7,9,11-12,19H,6,8,10,14H2,1-3H3,(H,25,28)(H,26,29)/t19-/m0/s1. The maximum Gasteiger partial charge on any atom is 0.313 e. The highest BCUT2D eigenvalue weighted by atomic mass is 32.2. The maximum atomic E-state index is 13.4. The second-order valence-corrected chi connectivity index (χ2v) is 9.79. The number of carbonyl (C=O) groups excluding carboxylic acids is 2. The number of nitriles is 1. The summed E-state index contributed by atoms with van der Waals surface area (Å²) in [7, 11) is -3.75. The minimum absolute atomic E-state index is 0.0232. The molecular formula is C23H26N4O4S. The summed E-state index contributed by atoms with van der Waals surface area (Å²) in [6.45, 7) is 5.86. The Kier molecular flexibility index (Phi) is 6.96. The van der Waals surface area contributed by atoms with Crippen LogP contribution in [0.3, 0.4) is 0 Å². The summed E-state index contributed by atoms with van der Waals surface area (Å²) < 4.78 is 28.2. The second kappa shape index (κ2) is 9.51. The number of aryl methyl sites for hydroxylation is 3. The van der Waals surface area contributed by atoms with Gasteiger partial charge in [-0.25, -0.2) is 8.42 Å². The number of hydrogen-bond acceptors (Lipinski definition) is 5. The normalized spacial score (nSPS) is 16.4. The summed E-state index contributed by atoms with van der Waals surface area (Å²) in [6, 6.07) is 11.6. The summed E-state index contributed by atoms with van der Waals surface area (Å²) in [6.07, 6.45) is 1.26. The van der Waals surface area contributed by atoms with E-state index < -0.39 is 27.9 Å². The Morgan fingerprint density at radius 3 is 2.44 bits per heavy atom. The molecule has 2 aromatic carbocycles. The molecule has 0 saturated carbocycles. The number of benzene rings is 2. The van der Waals surface area contributed by atoms with Gasteiger partial charge in [0, 0.05) is 19.1 Å². The van der Waals surface area contributed by atoms with Gasteiger partial charge in [-0.15, -0.1) is 0 Å². The van der Waals surface area contributed by atoms with Crippen LogP contribution in [0.1, 0.15) is 35.1 Å². The Morgan fingerprint density at radius 2 is 1.78 bits per heavy atom. The van der Waals surface area contributed by atoms with Gasteiger partial charge in [-0.2, -0.15) is 9.57 Å². The van der Waals surface area contributed by atoms with Gasteiger partial charge in [-0.05, 0) is 56.9 Å². The molecule has 9 heteroatoms. The first-order chi connectivity index (χ1) is 15.1. The molecule has 1 atom stereocenters. The van der Waals surface area contributed by atoms with Crippen LogP contribution < -0.4 is 10.6 Å². The number of nitrogens with zero attached hydrogens (tertiary/aromatic N) is 2. The molecule has 0 unspecified atom stereocenters. The smallest absolute Gasteiger partial charge is 0.313 e. The van der Waals surface area contributed by atoms with Crippen LogP contribution in [0, 0.1) is 32.1 Å². The van der Waals surface area contributed by atoms with E-state index >= 15 is 0 Å². The third-order valence-electron chi connectivity index (χ3n) is 5.49. The van der Waals surface area contributed by atoms with Gasteiger partial charge in [0.2, 0.25) is 10.0 Å². The Hall–Kier alpha value is -3.22. The molecular weight excluding hydrogens is 428 g/mol. The monoisotopic (exact) mass is 454 g/mol. The number of carbonyl (C=O) groups is 2. The number of anilines is 1. The number of hydrogen-bond donors (Lipinski definition) is 2. The molecule has 0 spiro atoms. The fourth-order valence-electron chi connectivity index (χ4n) is 4.18. The van der Waals surface area contributed by atoms with E-state index in [2.05, 4.69) is 10.6 Å². The van der Waals surface area contributed by atoms with Crippen LogP contribution in [0.25, 0.3) is 0 Å². The third kappa shape index (κ3) is 4.82. The predicted molar refractivity (Wildman–Crippen MR) is 120 cm³/mol. The van der Waals surface area contributed by atoms with Crippen molar-refractivity contribution in [3.8, 4) is 6.07 Å². The molecule has 8 nitrogen and oxygen atoms in total. The van der Waals surface area contributed by atoms with Gasteiger partial charge >= 0.3 is 11.8 Å². The van der Waals surface area contributed by atoms with Crippen molar-refractivity contribution in [2.45, 2.75) is 44.6 Å². The molecule has 2 aromatic rings. The summed E-state index contributed by atoms with van der Waals surface area (Å²) in [5.41, 5.74) is 2.85. The highest BCUT2D eigenvalue weighted by Gasteiger charge is 2.37. The molecule has 1 aliphatic rings. The van der Waals surface area contributed by atoms with Crippen molar-refractivity contribution < 1.29 is 18.0 Å². The third-order valence-corrected chi connectivity index (χ3v) is 7.75. The van der Waals surface area contributed by atoms with Crippen LogP contribution in [0.2, 0.25) is 0 Å². The van der Waals surface area contributed by atoms with E-state index in [0.717, 1.165) is 5.56 Å². The lowest BCUT2D eigenvalue weighted by Gasteiger charge is -2.26. The van der Waals surface area contributed by atoms with Crippen LogP contribution >= 0.6 is 0 Å². The largest absolute Gasteiger partial charge is 0.346 e. The first kappa shape index (κ1) is 23.4. The maximum absolute atomic E-state index is 13.4. The zero-order valence-corrected chi connectivity index (χ0v) is 19.1. The van der Waals surface area contributed by atoms with Gasteiger partial charge in [0.1, 0.15) is 6.07 Å². The molecule has 168 valence electrons. The van der Waals surface area contributed by atoms with E-state index in [1.165, 1.54) is 16.4 Å². The van der Waals surface area contributed by atoms with Crippen LogP contribution in [-0.4, -0.2) is 43.7 Å². The van der Waals surface area contributed by atoms with Crippen molar-refractivity contribution in [2.24, 2.45) is 0 Å². The first-order valence-corrected chi connectivity index (χ1v) is 11.8. The summed E-state index contributed by atoms with van der Waals surface area (Å²) >= 11 is 0.